The molecule has 1 aromatic carbocycles. The Labute approximate surface area is 197 Å². The minimum atomic E-state index is -1.44. The molecule has 2 fully saturated rings. The Hall–Kier alpha value is -2.41. The highest BCUT2D eigenvalue weighted by Gasteiger charge is 2.59. The van der Waals surface area contributed by atoms with Gasteiger partial charge in [0.25, 0.3) is 0 Å². The summed E-state index contributed by atoms with van der Waals surface area (Å²) < 4.78 is 21.2. The first kappa shape index (κ1) is 22.4. The van der Waals surface area contributed by atoms with Crippen LogP contribution in [0.2, 0.25) is 0 Å². The van der Waals surface area contributed by atoms with Gasteiger partial charge in [-0.2, -0.15) is 5.10 Å². The van der Waals surface area contributed by atoms with Crippen LogP contribution in [0.3, 0.4) is 0 Å². The molecule has 8 heteroatoms. The summed E-state index contributed by atoms with van der Waals surface area (Å²) in [5.41, 5.74) is 5.06. The van der Waals surface area contributed by atoms with E-state index in [0.29, 0.717) is 37.2 Å². The summed E-state index contributed by atoms with van der Waals surface area (Å²) in [6.07, 6.45) is 1.44. The Balaban J connectivity index is 1.38. The van der Waals surface area contributed by atoms with Crippen LogP contribution in [0.5, 0.6) is 0 Å². The lowest BCUT2D eigenvalue weighted by Crippen LogP contribution is -2.44. The summed E-state index contributed by atoms with van der Waals surface area (Å²) in [7, 11) is 0. The van der Waals surface area contributed by atoms with Crippen molar-refractivity contribution in [3.63, 3.8) is 0 Å². The van der Waals surface area contributed by atoms with Gasteiger partial charge in [0.1, 0.15) is 11.5 Å². The number of amides is 1. The van der Waals surface area contributed by atoms with Gasteiger partial charge in [-0.1, -0.05) is 12.1 Å². The van der Waals surface area contributed by atoms with Crippen molar-refractivity contribution in [1.29, 1.82) is 0 Å². The molecule has 0 spiro atoms. The SMILES string of the molecule is CCOC(=O)c1n[nH]c2c1[C@@H]1C(c3ccc(C4(F)CCN(C(=O)CCl)CC4)c(C)c3C)[C@@H]1C2. The van der Waals surface area contributed by atoms with E-state index in [9.17, 15) is 9.59 Å². The van der Waals surface area contributed by atoms with Gasteiger partial charge in [-0.15, -0.1) is 11.6 Å². The zero-order chi connectivity index (χ0) is 23.5. The fourth-order valence-corrected chi connectivity index (χ4v) is 6.26. The number of hydrogen-bond acceptors (Lipinski definition) is 4. The van der Waals surface area contributed by atoms with Crippen LogP contribution >= 0.6 is 11.6 Å². The molecule has 5 rings (SSSR count). The number of carbonyl (C=O) groups excluding carboxylic acids is 2. The molecule has 3 aliphatic rings. The molecule has 1 saturated carbocycles. The van der Waals surface area contributed by atoms with E-state index in [1.54, 1.807) is 11.8 Å². The van der Waals surface area contributed by atoms with E-state index in [-0.39, 0.29) is 36.5 Å². The second-order valence-corrected chi connectivity index (χ2v) is 9.80. The summed E-state index contributed by atoms with van der Waals surface area (Å²) >= 11 is 5.66. The van der Waals surface area contributed by atoms with Crippen LogP contribution in [-0.4, -0.2) is 52.6 Å². The number of fused-ring (bicyclic) bond motifs is 3. The maximum atomic E-state index is 16.0. The highest BCUT2D eigenvalue weighted by atomic mass is 35.5. The average molecular weight is 474 g/mol. The van der Waals surface area contributed by atoms with Crippen LogP contribution < -0.4 is 0 Å². The molecule has 176 valence electrons. The predicted molar refractivity (Wildman–Crippen MR) is 122 cm³/mol. The first-order valence-electron chi connectivity index (χ1n) is 11.7. The van der Waals surface area contributed by atoms with Crippen LogP contribution in [0.4, 0.5) is 4.39 Å². The second-order valence-electron chi connectivity index (χ2n) is 9.54. The number of aromatic nitrogens is 2. The molecule has 0 radical (unpaired) electrons. The van der Waals surface area contributed by atoms with Crippen molar-refractivity contribution in [3.05, 3.63) is 51.3 Å². The molecule has 0 bridgehead atoms. The Kier molecular flexibility index (Phi) is 5.51. The van der Waals surface area contributed by atoms with Gasteiger partial charge in [0.05, 0.1) is 6.61 Å². The number of esters is 1. The van der Waals surface area contributed by atoms with Gasteiger partial charge in [0.2, 0.25) is 5.91 Å². The van der Waals surface area contributed by atoms with Crippen molar-refractivity contribution in [3.8, 4) is 0 Å². The van der Waals surface area contributed by atoms with Crippen LogP contribution in [0, 0.1) is 19.8 Å². The van der Waals surface area contributed by atoms with Gasteiger partial charge >= 0.3 is 5.97 Å². The fourth-order valence-electron chi connectivity index (χ4n) is 6.09. The van der Waals surface area contributed by atoms with Gasteiger partial charge in [0.15, 0.2) is 5.69 Å². The highest BCUT2D eigenvalue weighted by molar-refractivity contribution is 6.27. The third-order valence-electron chi connectivity index (χ3n) is 7.99. The second kappa shape index (κ2) is 8.12. The Morgan fingerprint density at radius 3 is 2.64 bits per heavy atom. The molecule has 1 aromatic heterocycles. The van der Waals surface area contributed by atoms with Crippen molar-refractivity contribution in [2.24, 2.45) is 5.92 Å². The standard InChI is InChI=1S/C25H29ClFN3O3/c1-4-33-24(32)23-22-18(28-29-23)11-16-20(21(16)22)15-5-6-17(14(3)13(15)2)25(27)7-9-30(10-8-25)19(31)12-26/h5-6,16,20-21H,4,7-12H2,1-3H3,(H,28,29)/t16-,20?,21-/m0/s1. The van der Waals surface area contributed by atoms with Crippen molar-refractivity contribution < 1.29 is 18.7 Å². The number of carbonyl (C=O) groups is 2. The van der Waals surface area contributed by atoms with E-state index >= 15 is 4.39 Å². The predicted octanol–water partition coefficient (Wildman–Crippen LogP) is 4.28. The lowest BCUT2D eigenvalue weighted by Gasteiger charge is -2.37. The van der Waals surface area contributed by atoms with E-state index in [4.69, 9.17) is 16.3 Å². The molecular formula is C25H29ClFN3O3. The first-order valence-corrected chi connectivity index (χ1v) is 12.2. The van der Waals surface area contributed by atoms with Gasteiger partial charge in [0, 0.05) is 37.2 Å². The fraction of sp³-hybridized carbons (Fsp3) is 0.560. The molecule has 1 unspecified atom stereocenters. The van der Waals surface area contributed by atoms with E-state index < -0.39 is 5.67 Å². The molecule has 2 aliphatic carbocycles. The average Bonchev–Trinajstić information content (AvgIpc) is 3.14. The first-order chi connectivity index (χ1) is 15.8. The number of nitrogens with one attached hydrogen (secondary N) is 1. The molecule has 3 atom stereocenters. The monoisotopic (exact) mass is 473 g/mol. The lowest BCUT2D eigenvalue weighted by molar-refractivity contribution is -0.131. The molecule has 1 aliphatic heterocycles. The quantitative estimate of drug-likeness (QED) is 0.519. The summed E-state index contributed by atoms with van der Waals surface area (Å²) in [6, 6.07) is 4.01. The normalized spacial score (nSPS) is 24.9. The summed E-state index contributed by atoms with van der Waals surface area (Å²) in [5.74, 6) is 0.439. The Morgan fingerprint density at radius 2 is 1.97 bits per heavy atom. The molecule has 2 aromatic rings. The summed E-state index contributed by atoms with van der Waals surface area (Å²) in [4.78, 5) is 25.9. The van der Waals surface area contributed by atoms with Crippen LogP contribution in [0.15, 0.2) is 12.1 Å². The van der Waals surface area contributed by atoms with E-state index in [0.717, 1.165) is 34.4 Å². The molecule has 1 amide bonds. The zero-order valence-electron chi connectivity index (χ0n) is 19.2. The van der Waals surface area contributed by atoms with Crippen LogP contribution in [0.25, 0.3) is 0 Å². The minimum absolute atomic E-state index is 0.0634. The summed E-state index contributed by atoms with van der Waals surface area (Å²) in [5, 5.41) is 7.25. The maximum absolute atomic E-state index is 16.0. The number of H-pyrrole nitrogens is 1. The number of halogens is 2. The van der Waals surface area contributed by atoms with Crippen molar-refractivity contribution >= 4 is 23.5 Å². The Morgan fingerprint density at radius 1 is 1.24 bits per heavy atom. The van der Waals surface area contributed by atoms with E-state index in [2.05, 4.69) is 23.2 Å². The van der Waals surface area contributed by atoms with Crippen molar-refractivity contribution in [2.45, 2.75) is 57.5 Å². The number of piperidine rings is 1. The smallest absolute Gasteiger partial charge is 0.359 e. The van der Waals surface area contributed by atoms with Gasteiger partial charge < -0.3 is 9.64 Å². The number of hydrogen-bond donors (Lipinski definition) is 1. The summed E-state index contributed by atoms with van der Waals surface area (Å²) in [6.45, 7) is 6.94. The minimum Gasteiger partial charge on any atom is -0.461 e. The maximum Gasteiger partial charge on any atom is 0.359 e. The Bertz CT molecular complexity index is 1120. The lowest BCUT2D eigenvalue weighted by atomic mass is 9.80. The van der Waals surface area contributed by atoms with Crippen LogP contribution in [-0.2, 0) is 21.6 Å². The van der Waals surface area contributed by atoms with Crippen molar-refractivity contribution in [1.82, 2.24) is 15.1 Å². The van der Waals surface area contributed by atoms with Gasteiger partial charge in [-0.25, -0.2) is 9.18 Å². The largest absolute Gasteiger partial charge is 0.461 e. The number of aromatic amines is 1. The number of rotatable bonds is 5. The third-order valence-corrected chi connectivity index (χ3v) is 8.22. The van der Waals surface area contributed by atoms with Crippen LogP contribution in [0.1, 0.15) is 75.6 Å². The zero-order valence-corrected chi connectivity index (χ0v) is 20.0. The number of alkyl halides is 2. The van der Waals surface area contributed by atoms with E-state index in [1.165, 1.54) is 5.56 Å². The molecule has 2 heterocycles. The number of ether oxygens (including phenoxy) is 1. The molecule has 1 N–H and O–H groups in total. The number of likely N-dealkylation sites (tertiary alicyclic amines) is 1. The topological polar surface area (TPSA) is 75.3 Å². The molecule has 6 nitrogen and oxygen atoms in total. The third kappa shape index (κ3) is 3.47. The highest BCUT2D eigenvalue weighted by Crippen LogP contribution is 2.67. The van der Waals surface area contributed by atoms with Gasteiger partial charge in [-0.3, -0.25) is 9.89 Å². The molecular weight excluding hydrogens is 445 g/mol. The molecule has 1 saturated heterocycles. The number of benzene rings is 1. The van der Waals surface area contributed by atoms with Gasteiger partial charge in [-0.05, 0) is 67.2 Å². The van der Waals surface area contributed by atoms with Crippen molar-refractivity contribution in [2.75, 3.05) is 25.6 Å². The number of nitrogens with zero attached hydrogens (tertiary/aromatic N) is 2. The van der Waals surface area contributed by atoms with E-state index in [1.807, 2.05) is 13.0 Å². The molecule has 33 heavy (non-hydrogen) atoms.